The summed E-state index contributed by atoms with van der Waals surface area (Å²) in [5.74, 6) is -0.484. The van der Waals surface area contributed by atoms with Crippen LogP contribution in [0.1, 0.15) is 61.6 Å². The third-order valence-corrected chi connectivity index (χ3v) is 9.77. The smallest absolute Gasteiger partial charge is 0.261 e. The van der Waals surface area contributed by atoms with Gasteiger partial charge in [-0.3, -0.25) is 14.5 Å². The number of pyridine rings is 1. The fourth-order valence-corrected chi connectivity index (χ4v) is 7.43. The van der Waals surface area contributed by atoms with E-state index in [9.17, 15) is 18.4 Å². The number of hydrogen-bond acceptors (Lipinski definition) is 6. The van der Waals surface area contributed by atoms with Crippen LogP contribution in [0.15, 0.2) is 34.3 Å². The van der Waals surface area contributed by atoms with E-state index in [1.165, 1.54) is 11.8 Å². The molecule has 11 heteroatoms. The number of alkyl halides is 2. The number of likely N-dealkylation sites (tertiary alicyclic amines) is 1. The largest absolute Gasteiger partial charge is 0.370 e. The molecule has 222 valence electrons. The van der Waals surface area contributed by atoms with E-state index in [-0.39, 0.29) is 30.5 Å². The first-order chi connectivity index (χ1) is 19.7. The summed E-state index contributed by atoms with van der Waals surface area (Å²) in [7, 11) is 0. The number of allylic oxidation sites excluding steroid dienone is 1. The van der Waals surface area contributed by atoms with E-state index in [1.54, 1.807) is 13.1 Å². The molecule has 2 fully saturated rings. The number of hydrogen-bond donors (Lipinski definition) is 1. The molecule has 0 radical (unpaired) electrons. The van der Waals surface area contributed by atoms with Gasteiger partial charge in [0.25, 0.3) is 18.2 Å². The molecule has 2 aliphatic heterocycles. The van der Waals surface area contributed by atoms with Crippen LogP contribution in [0.4, 0.5) is 8.78 Å². The number of thioether (sulfide) groups is 1. The number of nitrogens with one attached hydrogen (secondary N) is 1. The zero-order valence-corrected chi connectivity index (χ0v) is 24.9. The summed E-state index contributed by atoms with van der Waals surface area (Å²) in [6, 6.07) is 4.40. The molecule has 0 aromatic carbocycles. The highest BCUT2D eigenvalue weighted by atomic mass is 32.2. The highest BCUT2D eigenvalue weighted by Gasteiger charge is 2.37. The Morgan fingerprint density at radius 1 is 1.22 bits per heavy atom. The molecule has 8 nitrogen and oxygen atoms in total. The van der Waals surface area contributed by atoms with Crippen molar-refractivity contribution in [1.82, 2.24) is 19.8 Å². The molecule has 2 aromatic rings. The molecule has 5 rings (SSSR count). The Labute approximate surface area is 244 Å². The summed E-state index contributed by atoms with van der Waals surface area (Å²) < 4.78 is 32.3. The van der Waals surface area contributed by atoms with E-state index < -0.39 is 19.0 Å². The van der Waals surface area contributed by atoms with E-state index in [1.807, 2.05) is 31.4 Å². The lowest BCUT2D eigenvalue weighted by Gasteiger charge is -2.47. The molecule has 1 aliphatic carbocycles. The molecule has 0 spiro atoms. The number of amides is 2. The average molecular weight is 588 g/mol. The SMILES string of the molecule is CSC1=CC(C)=NC(=O)C1CNC(=O)c1c(C)n([C@H](C)C2CCC(N3CC(OCC(F)F)C3)CC2)c2ncccc12. The van der Waals surface area contributed by atoms with E-state index in [4.69, 9.17) is 4.74 Å². The van der Waals surface area contributed by atoms with Crippen molar-refractivity contribution in [3.8, 4) is 0 Å². The van der Waals surface area contributed by atoms with E-state index in [0.717, 1.165) is 60.4 Å². The fourth-order valence-electron chi connectivity index (χ4n) is 6.67. The zero-order chi connectivity index (χ0) is 29.3. The Morgan fingerprint density at radius 3 is 2.63 bits per heavy atom. The molecule has 0 bridgehead atoms. The molecular formula is C30H39F2N5O3S. The number of ether oxygens (including phenoxy) is 1. The average Bonchev–Trinajstić information content (AvgIpc) is 3.22. The van der Waals surface area contributed by atoms with Gasteiger partial charge >= 0.3 is 0 Å². The molecular weight excluding hydrogens is 548 g/mol. The van der Waals surface area contributed by atoms with Crippen LogP contribution in [0.3, 0.4) is 0 Å². The second-order valence-electron chi connectivity index (χ2n) is 11.4. The van der Waals surface area contributed by atoms with Crippen molar-refractivity contribution in [2.24, 2.45) is 16.8 Å². The molecule has 1 N–H and O–H groups in total. The first-order valence-electron chi connectivity index (χ1n) is 14.4. The van der Waals surface area contributed by atoms with Crippen LogP contribution in [0.5, 0.6) is 0 Å². The second-order valence-corrected chi connectivity index (χ2v) is 12.3. The van der Waals surface area contributed by atoms with E-state index in [0.29, 0.717) is 23.2 Å². The van der Waals surface area contributed by atoms with Crippen molar-refractivity contribution in [2.75, 3.05) is 32.5 Å². The van der Waals surface area contributed by atoms with Gasteiger partial charge in [0.15, 0.2) is 0 Å². The van der Waals surface area contributed by atoms with Gasteiger partial charge in [-0.25, -0.2) is 18.8 Å². The fraction of sp³-hybridized carbons (Fsp3) is 0.600. The summed E-state index contributed by atoms with van der Waals surface area (Å²) >= 11 is 1.51. The number of nitrogens with zero attached hydrogens (tertiary/aromatic N) is 4. The number of halogens is 2. The Balaban J connectivity index is 1.25. The molecule has 1 saturated carbocycles. The minimum atomic E-state index is -2.42. The molecule has 1 saturated heterocycles. The quantitative estimate of drug-likeness (QED) is 0.420. The summed E-state index contributed by atoms with van der Waals surface area (Å²) in [4.78, 5) is 38.2. The van der Waals surface area contributed by atoms with Crippen molar-refractivity contribution >= 4 is 40.3 Å². The van der Waals surface area contributed by atoms with Crippen LogP contribution in [-0.4, -0.2) is 83.0 Å². The molecule has 2 atom stereocenters. The third-order valence-electron chi connectivity index (χ3n) is 8.90. The van der Waals surface area contributed by atoms with Crippen LogP contribution in [0.25, 0.3) is 11.0 Å². The van der Waals surface area contributed by atoms with Crippen LogP contribution in [-0.2, 0) is 9.53 Å². The monoisotopic (exact) mass is 587 g/mol. The lowest BCUT2D eigenvalue weighted by molar-refractivity contribution is -0.120. The molecule has 4 heterocycles. The number of aromatic nitrogens is 2. The van der Waals surface area contributed by atoms with Crippen molar-refractivity contribution in [2.45, 2.75) is 71.1 Å². The number of fused-ring (bicyclic) bond motifs is 1. The Hall–Kier alpha value is -2.63. The summed E-state index contributed by atoms with van der Waals surface area (Å²) in [5.41, 5.74) is 2.95. The third kappa shape index (κ3) is 6.27. The molecule has 3 aliphatic rings. The maximum absolute atomic E-state index is 13.6. The van der Waals surface area contributed by atoms with Crippen LogP contribution in [0.2, 0.25) is 0 Å². The lowest BCUT2D eigenvalue weighted by Crippen LogP contribution is -2.57. The van der Waals surface area contributed by atoms with Crippen molar-refractivity contribution in [3.05, 3.63) is 40.6 Å². The first-order valence-corrected chi connectivity index (χ1v) is 15.6. The summed E-state index contributed by atoms with van der Waals surface area (Å²) in [5, 5.41) is 3.82. The highest BCUT2D eigenvalue weighted by Crippen LogP contribution is 2.39. The van der Waals surface area contributed by atoms with E-state index >= 15 is 0 Å². The van der Waals surface area contributed by atoms with Gasteiger partial charge in [-0.1, -0.05) is 0 Å². The zero-order valence-electron chi connectivity index (χ0n) is 24.1. The predicted molar refractivity (Wildman–Crippen MR) is 158 cm³/mol. The van der Waals surface area contributed by atoms with Gasteiger partial charge in [-0.05, 0) is 76.8 Å². The summed E-state index contributed by atoms with van der Waals surface area (Å²) in [6.07, 6.45) is 7.30. The standard InChI is InChI=1S/C30H39F2N5O3S/c1-17-12-25(41-4)24(29(38)35-17)13-34-30(39)27-19(3)37(28-23(27)6-5-11-33-28)18(2)20-7-9-21(10-8-20)36-14-22(15-36)40-16-26(31)32/h5-6,11-12,18,20-22,24,26H,7-10,13-16H2,1-4H3,(H,34,39)/t18-,20?,21?,24?/m1/s1. The first kappa shape index (κ1) is 29.8. The maximum atomic E-state index is 13.6. The number of carbonyl (C=O) groups excluding carboxylic acids is 2. The molecule has 1 unspecified atom stereocenters. The lowest BCUT2D eigenvalue weighted by atomic mass is 9.80. The maximum Gasteiger partial charge on any atom is 0.261 e. The summed E-state index contributed by atoms with van der Waals surface area (Å²) in [6.45, 7) is 7.16. The van der Waals surface area contributed by atoms with Crippen LogP contribution in [0, 0.1) is 18.8 Å². The van der Waals surface area contributed by atoms with Crippen molar-refractivity contribution in [3.63, 3.8) is 0 Å². The Kier molecular flexibility index (Phi) is 9.25. The van der Waals surface area contributed by atoms with Crippen LogP contribution < -0.4 is 5.32 Å². The number of carbonyl (C=O) groups is 2. The van der Waals surface area contributed by atoms with Gasteiger partial charge in [0.05, 0.1) is 17.6 Å². The highest BCUT2D eigenvalue weighted by molar-refractivity contribution is 8.02. The molecule has 2 amide bonds. The normalized spacial score (nSPS) is 24.8. The topological polar surface area (TPSA) is 88.8 Å². The van der Waals surface area contributed by atoms with Crippen LogP contribution >= 0.6 is 11.8 Å². The number of aliphatic imine (C=N–C) groups is 1. The predicted octanol–water partition coefficient (Wildman–Crippen LogP) is 5.02. The van der Waals surface area contributed by atoms with Crippen molar-refractivity contribution in [1.29, 1.82) is 0 Å². The second kappa shape index (κ2) is 12.7. The minimum absolute atomic E-state index is 0.0819. The Morgan fingerprint density at radius 2 is 1.95 bits per heavy atom. The molecule has 2 aromatic heterocycles. The Bertz CT molecular complexity index is 1350. The van der Waals surface area contributed by atoms with Crippen molar-refractivity contribution < 1.29 is 23.1 Å². The molecule has 41 heavy (non-hydrogen) atoms. The van der Waals surface area contributed by atoms with Gasteiger partial charge in [0, 0.05) is 59.6 Å². The van der Waals surface area contributed by atoms with Gasteiger partial charge in [0.2, 0.25) is 0 Å². The van der Waals surface area contributed by atoms with Gasteiger partial charge in [0.1, 0.15) is 12.3 Å². The number of dihydropyridines is 1. The minimum Gasteiger partial charge on any atom is -0.370 e. The van der Waals surface area contributed by atoms with Gasteiger partial charge in [-0.2, -0.15) is 0 Å². The van der Waals surface area contributed by atoms with E-state index in [2.05, 4.69) is 31.7 Å². The van der Waals surface area contributed by atoms with Gasteiger partial charge in [-0.15, -0.1) is 11.8 Å². The van der Waals surface area contributed by atoms with Gasteiger partial charge < -0.3 is 14.6 Å². The number of rotatable bonds is 10.